The minimum absolute atomic E-state index is 0.792. The van der Waals surface area contributed by atoms with Crippen LogP contribution in [0.3, 0.4) is 0 Å². The molecule has 2 aliphatic rings. The molecule has 0 aliphatic carbocycles. The fraction of sp³-hybridized carbons (Fsp3) is 1.00. The van der Waals surface area contributed by atoms with Crippen LogP contribution in [0.25, 0.3) is 0 Å². The van der Waals surface area contributed by atoms with Crippen molar-refractivity contribution in [3.8, 4) is 0 Å². The Hall–Kier alpha value is 0.500. The predicted octanol–water partition coefficient (Wildman–Crippen LogP) is 2.64. The first-order valence-corrected chi connectivity index (χ1v) is 7.50. The topological polar surface area (TPSA) is 6.48 Å². The molecule has 0 aromatic heterocycles. The second-order valence-corrected chi connectivity index (χ2v) is 5.23. The third-order valence-electron chi connectivity index (χ3n) is 3.20. The average molecular weight is 267 g/mol. The van der Waals surface area contributed by atoms with Gasteiger partial charge in [-0.3, -0.25) is 0 Å². The monoisotopic (exact) mass is 266 g/mol. The van der Waals surface area contributed by atoms with E-state index >= 15 is 0 Å². The fourth-order valence-corrected chi connectivity index (χ4v) is 2.73. The van der Waals surface area contributed by atoms with E-state index in [0.717, 1.165) is 24.8 Å². The minimum atomic E-state index is 0.792. The predicted molar refractivity (Wildman–Crippen MR) is 72.8 cm³/mol. The van der Waals surface area contributed by atoms with Crippen molar-refractivity contribution in [2.24, 2.45) is 0 Å². The van der Waals surface area contributed by atoms with Crippen LogP contribution >= 0.6 is 23.2 Å². The number of rotatable bonds is 4. The molecule has 0 atom stereocenters. The molecule has 2 rings (SSSR count). The second kappa shape index (κ2) is 9.52. The molecule has 0 radical (unpaired) electrons. The maximum absolute atomic E-state index is 5.54. The lowest BCUT2D eigenvalue weighted by molar-refractivity contribution is 0.361. The minimum Gasteiger partial charge on any atom is -0.302 e. The Bertz CT molecular complexity index is 137. The largest absolute Gasteiger partial charge is 0.302 e. The van der Waals surface area contributed by atoms with Crippen molar-refractivity contribution in [2.75, 3.05) is 51.0 Å². The molecule has 4 heteroatoms. The molecule has 0 N–H and O–H groups in total. The smallest absolute Gasteiger partial charge is 0.0351 e. The molecular weight excluding hydrogens is 243 g/mol. The number of nitrogens with zero attached hydrogens (tertiary/aromatic N) is 2. The third-order valence-corrected chi connectivity index (χ3v) is 3.54. The van der Waals surface area contributed by atoms with Gasteiger partial charge in [-0.05, 0) is 51.9 Å². The van der Waals surface area contributed by atoms with E-state index in [1.807, 2.05) is 0 Å². The summed E-state index contributed by atoms with van der Waals surface area (Å²) < 4.78 is 0. The van der Waals surface area contributed by atoms with Crippen LogP contribution in [0, 0.1) is 0 Å². The normalized spacial score (nSPS) is 22.1. The van der Waals surface area contributed by atoms with Crippen LogP contribution in [-0.2, 0) is 0 Å². The molecule has 2 saturated heterocycles. The lowest BCUT2D eigenvalue weighted by Crippen LogP contribution is -2.21. The zero-order chi connectivity index (χ0) is 11.6. The number of alkyl halides is 2. The van der Waals surface area contributed by atoms with Crippen molar-refractivity contribution in [3.63, 3.8) is 0 Å². The second-order valence-electron chi connectivity index (χ2n) is 4.48. The Labute approximate surface area is 110 Å². The molecule has 2 aliphatic heterocycles. The van der Waals surface area contributed by atoms with Crippen molar-refractivity contribution in [1.82, 2.24) is 9.80 Å². The molecule has 2 heterocycles. The number of likely N-dealkylation sites (tertiary alicyclic amines) is 2. The van der Waals surface area contributed by atoms with E-state index < -0.39 is 0 Å². The summed E-state index contributed by atoms with van der Waals surface area (Å²) in [5, 5.41) is 0. The van der Waals surface area contributed by atoms with E-state index in [-0.39, 0.29) is 0 Å². The van der Waals surface area contributed by atoms with Gasteiger partial charge in [0, 0.05) is 24.8 Å². The van der Waals surface area contributed by atoms with Gasteiger partial charge < -0.3 is 9.80 Å². The van der Waals surface area contributed by atoms with Crippen LogP contribution < -0.4 is 0 Å². The molecule has 0 aromatic rings. The summed E-state index contributed by atoms with van der Waals surface area (Å²) in [6.45, 7) is 7.25. The maximum Gasteiger partial charge on any atom is 0.0351 e. The molecule has 0 saturated carbocycles. The highest BCUT2D eigenvalue weighted by Crippen LogP contribution is 2.06. The lowest BCUT2D eigenvalue weighted by Gasteiger charge is -2.10. The molecule has 0 unspecified atom stereocenters. The van der Waals surface area contributed by atoms with Gasteiger partial charge in [0.15, 0.2) is 0 Å². The van der Waals surface area contributed by atoms with Gasteiger partial charge in [-0.1, -0.05) is 0 Å². The van der Waals surface area contributed by atoms with Gasteiger partial charge in [0.1, 0.15) is 0 Å². The lowest BCUT2D eigenvalue weighted by atomic mass is 10.4. The Morgan fingerprint density at radius 3 is 1.19 bits per heavy atom. The summed E-state index contributed by atoms with van der Waals surface area (Å²) in [4.78, 5) is 4.82. The van der Waals surface area contributed by atoms with Gasteiger partial charge >= 0.3 is 0 Å². The van der Waals surface area contributed by atoms with E-state index in [9.17, 15) is 0 Å². The van der Waals surface area contributed by atoms with Crippen molar-refractivity contribution < 1.29 is 0 Å². The van der Waals surface area contributed by atoms with Crippen LogP contribution in [0.15, 0.2) is 0 Å². The van der Waals surface area contributed by atoms with Crippen LogP contribution in [-0.4, -0.2) is 60.8 Å². The van der Waals surface area contributed by atoms with Crippen LogP contribution in [0.5, 0.6) is 0 Å². The van der Waals surface area contributed by atoms with E-state index in [2.05, 4.69) is 9.80 Å². The van der Waals surface area contributed by atoms with Gasteiger partial charge in [0.2, 0.25) is 0 Å². The molecule has 2 fully saturated rings. The van der Waals surface area contributed by atoms with Crippen LogP contribution in [0.2, 0.25) is 0 Å². The standard InChI is InChI=1S/2C6H12ClN/c2*7-3-6-8-4-1-2-5-8/h2*1-6H2. The van der Waals surface area contributed by atoms with E-state index in [4.69, 9.17) is 23.2 Å². The molecule has 96 valence electrons. The Kier molecular flexibility index (Phi) is 8.67. The van der Waals surface area contributed by atoms with Gasteiger partial charge in [0.25, 0.3) is 0 Å². The number of hydrogen-bond acceptors (Lipinski definition) is 2. The third kappa shape index (κ3) is 6.29. The van der Waals surface area contributed by atoms with Gasteiger partial charge in [-0.15, -0.1) is 23.2 Å². The number of hydrogen-bond donors (Lipinski definition) is 0. The summed E-state index contributed by atoms with van der Waals surface area (Å²) in [6, 6.07) is 0. The average Bonchev–Trinajstić information content (AvgIpc) is 2.92. The van der Waals surface area contributed by atoms with Crippen molar-refractivity contribution in [2.45, 2.75) is 25.7 Å². The van der Waals surface area contributed by atoms with Crippen LogP contribution in [0.1, 0.15) is 25.7 Å². The maximum atomic E-state index is 5.54. The van der Waals surface area contributed by atoms with Crippen LogP contribution in [0.4, 0.5) is 0 Å². The van der Waals surface area contributed by atoms with E-state index in [1.165, 1.54) is 51.9 Å². The SMILES string of the molecule is ClCCN1CCCC1.ClCCN1CCCC1. The Morgan fingerprint density at radius 1 is 0.625 bits per heavy atom. The molecule has 0 spiro atoms. The first kappa shape index (κ1) is 14.6. The summed E-state index contributed by atoms with van der Waals surface area (Å²) in [7, 11) is 0. The molecule has 0 bridgehead atoms. The molecule has 16 heavy (non-hydrogen) atoms. The summed E-state index contributed by atoms with van der Waals surface area (Å²) in [6.07, 6.45) is 5.49. The summed E-state index contributed by atoms with van der Waals surface area (Å²) >= 11 is 11.1. The Balaban J connectivity index is 0.000000160. The zero-order valence-corrected chi connectivity index (χ0v) is 11.6. The summed E-state index contributed by atoms with van der Waals surface area (Å²) in [5.74, 6) is 1.58. The van der Waals surface area contributed by atoms with Gasteiger partial charge in [-0.2, -0.15) is 0 Å². The molecular formula is C12H24Cl2N2. The Morgan fingerprint density at radius 2 is 0.938 bits per heavy atom. The highest BCUT2D eigenvalue weighted by molar-refractivity contribution is 6.18. The van der Waals surface area contributed by atoms with Gasteiger partial charge in [0.05, 0.1) is 0 Å². The summed E-state index contributed by atoms with van der Waals surface area (Å²) in [5.41, 5.74) is 0. The van der Waals surface area contributed by atoms with Gasteiger partial charge in [-0.25, -0.2) is 0 Å². The first-order chi connectivity index (χ1) is 7.86. The zero-order valence-electron chi connectivity index (χ0n) is 10.1. The quantitative estimate of drug-likeness (QED) is 0.722. The first-order valence-electron chi connectivity index (χ1n) is 6.43. The highest BCUT2D eigenvalue weighted by atomic mass is 35.5. The number of halogens is 2. The fourth-order valence-electron chi connectivity index (χ4n) is 2.25. The van der Waals surface area contributed by atoms with Crippen molar-refractivity contribution in [1.29, 1.82) is 0 Å². The van der Waals surface area contributed by atoms with E-state index in [1.54, 1.807) is 0 Å². The van der Waals surface area contributed by atoms with Crippen molar-refractivity contribution >= 4 is 23.2 Å². The molecule has 2 nitrogen and oxygen atoms in total. The highest BCUT2D eigenvalue weighted by Gasteiger charge is 2.09. The van der Waals surface area contributed by atoms with Crippen molar-refractivity contribution in [3.05, 3.63) is 0 Å². The van der Waals surface area contributed by atoms with E-state index in [0.29, 0.717) is 0 Å². The molecule has 0 amide bonds. The molecule has 0 aromatic carbocycles.